The second-order valence-electron chi connectivity index (χ2n) is 8.60. The highest BCUT2D eigenvalue weighted by atomic mass is 19.1. The molecule has 178 valence electrons. The first-order valence-electron chi connectivity index (χ1n) is 11.5. The van der Waals surface area contributed by atoms with Gasteiger partial charge < -0.3 is 24.5 Å². The minimum atomic E-state index is -0.345. The van der Waals surface area contributed by atoms with Crippen molar-refractivity contribution in [3.05, 3.63) is 46.6 Å². The number of nitroso groups, excluding NO2 is 1. The Hall–Kier alpha value is -3.37. The van der Waals surface area contributed by atoms with Crippen LogP contribution >= 0.6 is 0 Å². The maximum Gasteiger partial charge on any atom is 0.260 e. The quantitative estimate of drug-likeness (QED) is 0.510. The lowest BCUT2D eigenvalue weighted by Crippen LogP contribution is -2.36. The molecule has 2 aliphatic rings. The van der Waals surface area contributed by atoms with Crippen LogP contribution in [-0.2, 0) is 4.74 Å². The van der Waals surface area contributed by atoms with Crippen molar-refractivity contribution >= 4 is 40.4 Å². The summed E-state index contributed by atoms with van der Waals surface area (Å²) in [7, 11) is 0. The summed E-state index contributed by atoms with van der Waals surface area (Å²) >= 11 is 0. The van der Waals surface area contributed by atoms with Crippen molar-refractivity contribution in [2.75, 3.05) is 36.5 Å². The van der Waals surface area contributed by atoms with Crippen molar-refractivity contribution < 1.29 is 18.7 Å². The van der Waals surface area contributed by atoms with Gasteiger partial charge in [-0.3, -0.25) is 0 Å². The van der Waals surface area contributed by atoms with Gasteiger partial charge in [-0.2, -0.15) is 0 Å². The highest BCUT2D eigenvalue weighted by Gasteiger charge is 2.22. The van der Waals surface area contributed by atoms with Crippen molar-refractivity contribution in [1.82, 2.24) is 9.97 Å². The molecule has 1 saturated heterocycles. The van der Waals surface area contributed by atoms with E-state index in [1.54, 1.807) is 24.3 Å². The minimum Gasteiger partial charge on any atom is -0.436 e. The lowest BCUT2D eigenvalue weighted by atomic mass is 9.93. The molecule has 0 amide bonds. The molecule has 1 aliphatic carbocycles. The van der Waals surface area contributed by atoms with E-state index in [0.717, 1.165) is 31.1 Å². The lowest BCUT2D eigenvalue weighted by molar-refractivity contribution is 0.122. The number of nitrogens with one attached hydrogen (secondary N) is 1. The van der Waals surface area contributed by atoms with Gasteiger partial charge in [-0.25, -0.2) is 14.4 Å². The van der Waals surface area contributed by atoms with Gasteiger partial charge in [-0.15, -0.1) is 4.91 Å². The molecule has 0 unspecified atom stereocenters. The number of furan rings is 1. The van der Waals surface area contributed by atoms with Crippen LogP contribution < -0.4 is 10.2 Å². The SMILES string of the molecule is O=Nc1ccc(/C=C/c2nc(NC3CCC(O)CC3)c3cc(N4CCOCC4)c(F)cc3n2)o1. The van der Waals surface area contributed by atoms with Crippen LogP contribution in [0.5, 0.6) is 0 Å². The molecule has 2 fully saturated rings. The van der Waals surface area contributed by atoms with Gasteiger partial charge in [0.15, 0.2) is 5.82 Å². The third-order valence-corrected chi connectivity index (χ3v) is 6.27. The van der Waals surface area contributed by atoms with Crippen LogP contribution in [0.1, 0.15) is 37.3 Å². The summed E-state index contributed by atoms with van der Waals surface area (Å²) in [5.41, 5.74) is 0.992. The summed E-state index contributed by atoms with van der Waals surface area (Å²) in [6.45, 7) is 2.35. The maximum atomic E-state index is 15.1. The van der Waals surface area contributed by atoms with Crippen molar-refractivity contribution in [2.45, 2.75) is 37.8 Å². The standard InChI is InChI=1S/C24H26FN5O4/c25-19-14-20-18(13-21(19)30-9-11-33-12-10-30)24(26-15-1-3-16(31)4-2-15)28-22(27-20)7-5-17-6-8-23(29-32)34-17/h5-8,13-16,31H,1-4,9-12H2,(H,26,27,28)/b7-5+. The molecule has 2 N–H and O–H groups in total. The lowest BCUT2D eigenvalue weighted by Gasteiger charge is -2.30. The average Bonchev–Trinajstić information content (AvgIpc) is 3.32. The van der Waals surface area contributed by atoms with E-state index >= 15 is 4.39 Å². The van der Waals surface area contributed by atoms with Crippen LogP contribution in [0, 0.1) is 10.7 Å². The number of aliphatic hydroxyl groups excluding tert-OH is 1. The van der Waals surface area contributed by atoms with Gasteiger partial charge in [0.1, 0.15) is 17.4 Å². The molecule has 5 rings (SSSR count). The molecule has 0 bridgehead atoms. The summed E-state index contributed by atoms with van der Waals surface area (Å²) in [5, 5.41) is 16.9. The smallest absolute Gasteiger partial charge is 0.260 e. The number of fused-ring (bicyclic) bond motifs is 1. The zero-order valence-electron chi connectivity index (χ0n) is 18.6. The van der Waals surface area contributed by atoms with Crippen LogP contribution in [0.25, 0.3) is 23.1 Å². The number of aliphatic hydroxyl groups is 1. The summed E-state index contributed by atoms with van der Waals surface area (Å²) < 4.78 is 25.8. The van der Waals surface area contributed by atoms with Crippen LogP contribution in [-0.4, -0.2) is 53.5 Å². The minimum absolute atomic E-state index is 0.0152. The highest BCUT2D eigenvalue weighted by molar-refractivity contribution is 5.93. The van der Waals surface area contributed by atoms with Gasteiger partial charge in [0.05, 0.1) is 30.5 Å². The van der Waals surface area contributed by atoms with E-state index in [1.807, 2.05) is 4.90 Å². The maximum absolute atomic E-state index is 15.1. The molecule has 0 atom stereocenters. The van der Waals surface area contributed by atoms with Crippen LogP contribution in [0.3, 0.4) is 0 Å². The number of aromatic nitrogens is 2. The van der Waals surface area contributed by atoms with Crippen molar-refractivity contribution in [2.24, 2.45) is 5.18 Å². The number of rotatable bonds is 6. The topological polar surface area (TPSA) is 113 Å². The summed E-state index contributed by atoms with van der Waals surface area (Å²) in [4.78, 5) is 21.8. The molecular formula is C24H26FN5O4. The molecule has 2 aromatic heterocycles. The van der Waals surface area contributed by atoms with Gasteiger partial charge in [-0.05, 0) is 50.0 Å². The fourth-order valence-electron chi connectivity index (χ4n) is 4.44. The molecule has 10 heteroatoms. The Labute approximate surface area is 195 Å². The number of nitrogens with zero attached hydrogens (tertiary/aromatic N) is 4. The largest absolute Gasteiger partial charge is 0.436 e. The molecule has 0 spiro atoms. The molecule has 3 aromatic rings. The van der Waals surface area contributed by atoms with E-state index in [4.69, 9.17) is 14.1 Å². The second kappa shape index (κ2) is 9.86. The zero-order chi connectivity index (χ0) is 23.5. The summed E-state index contributed by atoms with van der Waals surface area (Å²) in [6, 6.07) is 6.49. The van der Waals surface area contributed by atoms with Crippen molar-refractivity contribution in [3.8, 4) is 0 Å². The molecule has 3 heterocycles. The molecule has 0 radical (unpaired) electrons. The first-order valence-corrected chi connectivity index (χ1v) is 11.5. The predicted octanol–water partition coefficient (Wildman–Crippen LogP) is 4.48. The number of hydrogen-bond acceptors (Lipinski definition) is 9. The second-order valence-corrected chi connectivity index (χ2v) is 8.60. The summed E-state index contributed by atoms with van der Waals surface area (Å²) in [5.74, 6) is 1.07. The van der Waals surface area contributed by atoms with E-state index in [2.05, 4.69) is 15.5 Å². The number of halogens is 1. The normalized spacial score (nSPS) is 21.3. The number of hydrogen-bond donors (Lipinski definition) is 2. The van der Waals surface area contributed by atoms with Gasteiger partial charge >= 0.3 is 0 Å². The van der Waals surface area contributed by atoms with E-state index in [9.17, 15) is 10.0 Å². The Morgan fingerprint density at radius 2 is 1.91 bits per heavy atom. The monoisotopic (exact) mass is 467 g/mol. The molecule has 9 nitrogen and oxygen atoms in total. The van der Waals surface area contributed by atoms with Gasteiger partial charge in [-0.1, -0.05) is 0 Å². The van der Waals surface area contributed by atoms with E-state index in [0.29, 0.717) is 54.9 Å². The van der Waals surface area contributed by atoms with E-state index in [1.165, 1.54) is 12.1 Å². The molecule has 1 aromatic carbocycles. The van der Waals surface area contributed by atoms with E-state index in [-0.39, 0.29) is 23.8 Å². The molecular weight excluding hydrogens is 441 g/mol. The molecule has 34 heavy (non-hydrogen) atoms. The van der Waals surface area contributed by atoms with Crippen LogP contribution in [0.15, 0.2) is 33.9 Å². The molecule has 1 aliphatic heterocycles. The Balaban J connectivity index is 1.52. The van der Waals surface area contributed by atoms with Gasteiger partial charge in [0, 0.05) is 41.8 Å². The number of anilines is 2. The molecule has 1 saturated carbocycles. The fourth-order valence-corrected chi connectivity index (χ4v) is 4.44. The Morgan fingerprint density at radius 1 is 1.12 bits per heavy atom. The van der Waals surface area contributed by atoms with Crippen molar-refractivity contribution in [1.29, 1.82) is 0 Å². The average molecular weight is 468 g/mol. The number of morpholine rings is 1. The third kappa shape index (κ3) is 4.92. The van der Waals surface area contributed by atoms with Crippen molar-refractivity contribution in [3.63, 3.8) is 0 Å². The first kappa shape index (κ1) is 22.4. The van der Waals surface area contributed by atoms with Gasteiger partial charge in [0.25, 0.3) is 5.88 Å². The Bertz CT molecular complexity index is 1200. The van der Waals surface area contributed by atoms with Crippen LogP contribution in [0.4, 0.5) is 21.8 Å². The predicted molar refractivity (Wildman–Crippen MR) is 128 cm³/mol. The van der Waals surface area contributed by atoms with E-state index < -0.39 is 0 Å². The third-order valence-electron chi connectivity index (χ3n) is 6.27. The fraction of sp³-hybridized carbons (Fsp3) is 0.417. The van der Waals surface area contributed by atoms with Crippen LogP contribution in [0.2, 0.25) is 0 Å². The Kier molecular flexibility index (Phi) is 6.50. The summed E-state index contributed by atoms with van der Waals surface area (Å²) in [6.07, 6.45) is 6.12. The van der Waals surface area contributed by atoms with Gasteiger partial charge in [0.2, 0.25) is 0 Å². The Morgan fingerprint density at radius 3 is 2.65 bits per heavy atom. The number of ether oxygens (including phenoxy) is 1. The first-order chi connectivity index (χ1) is 16.6. The number of benzene rings is 1. The zero-order valence-corrected chi connectivity index (χ0v) is 18.6. The highest BCUT2D eigenvalue weighted by Crippen LogP contribution is 2.32.